The quantitative estimate of drug-likeness (QED) is 0.569. The van der Waals surface area contributed by atoms with Crippen molar-refractivity contribution in [2.24, 2.45) is 0 Å². The number of nitrogens with zero attached hydrogens (tertiary/aromatic N) is 1. The Morgan fingerprint density at radius 2 is 1.31 bits per heavy atom. The summed E-state index contributed by atoms with van der Waals surface area (Å²) in [6.45, 7) is 0. The lowest BCUT2D eigenvalue weighted by molar-refractivity contribution is -0.120. The van der Waals surface area contributed by atoms with Gasteiger partial charge in [0.15, 0.2) is 0 Å². The van der Waals surface area contributed by atoms with Crippen molar-refractivity contribution in [1.82, 2.24) is 0 Å². The Balaban J connectivity index is 1.85. The number of nitrogens with one attached hydrogen (secondary N) is 1. The maximum absolute atomic E-state index is 13.6. The number of ether oxygens (including phenoxy) is 3. The molecule has 7 heteroatoms. The van der Waals surface area contributed by atoms with E-state index in [1.807, 2.05) is 12.1 Å². The number of benzene rings is 3. The Kier molecular flexibility index (Phi) is 5.81. The number of rotatable bonds is 7. The predicted molar refractivity (Wildman–Crippen MR) is 122 cm³/mol. The molecule has 162 valence electrons. The zero-order chi connectivity index (χ0) is 22.7. The molecule has 3 aromatic rings. The Morgan fingerprint density at radius 3 is 1.97 bits per heavy atom. The molecule has 32 heavy (non-hydrogen) atoms. The van der Waals surface area contributed by atoms with Crippen LogP contribution in [-0.4, -0.2) is 33.1 Å². The third-order valence-corrected chi connectivity index (χ3v) is 5.16. The van der Waals surface area contributed by atoms with Crippen molar-refractivity contribution in [1.29, 1.82) is 0 Å². The maximum Gasteiger partial charge on any atom is 0.282 e. The highest BCUT2D eigenvalue weighted by Crippen LogP contribution is 2.38. The maximum atomic E-state index is 13.6. The lowest BCUT2D eigenvalue weighted by atomic mass is 10.0. The molecule has 0 bridgehead atoms. The first-order valence-electron chi connectivity index (χ1n) is 9.89. The van der Waals surface area contributed by atoms with Crippen LogP contribution in [0.25, 0.3) is 5.57 Å². The molecule has 1 aliphatic heterocycles. The summed E-state index contributed by atoms with van der Waals surface area (Å²) in [5, 5.41) is 3.13. The van der Waals surface area contributed by atoms with E-state index in [0.717, 1.165) is 4.90 Å². The van der Waals surface area contributed by atoms with E-state index in [1.54, 1.807) is 74.9 Å². The summed E-state index contributed by atoms with van der Waals surface area (Å²) in [5.41, 5.74) is 1.87. The fourth-order valence-corrected chi connectivity index (χ4v) is 3.60. The van der Waals surface area contributed by atoms with Crippen LogP contribution in [0.5, 0.6) is 17.2 Å². The average molecular weight is 430 g/mol. The van der Waals surface area contributed by atoms with Crippen LogP contribution in [-0.2, 0) is 9.59 Å². The van der Waals surface area contributed by atoms with Crippen molar-refractivity contribution in [3.63, 3.8) is 0 Å². The molecule has 0 aliphatic carbocycles. The second-order valence-electron chi connectivity index (χ2n) is 6.92. The molecule has 0 radical (unpaired) electrons. The molecule has 0 spiro atoms. The van der Waals surface area contributed by atoms with Crippen molar-refractivity contribution >= 4 is 28.8 Å². The van der Waals surface area contributed by atoms with Gasteiger partial charge in [0.2, 0.25) is 0 Å². The molecule has 0 aromatic heterocycles. The third kappa shape index (κ3) is 3.65. The average Bonchev–Trinajstić information content (AvgIpc) is 3.08. The Morgan fingerprint density at radius 1 is 0.688 bits per heavy atom. The van der Waals surface area contributed by atoms with Gasteiger partial charge in [0.05, 0.1) is 38.3 Å². The second kappa shape index (κ2) is 8.85. The minimum Gasteiger partial charge on any atom is -0.497 e. The molecule has 1 heterocycles. The van der Waals surface area contributed by atoms with E-state index < -0.39 is 11.8 Å². The number of para-hydroxylation sites is 3. The normalized spacial score (nSPS) is 13.4. The van der Waals surface area contributed by atoms with E-state index >= 15 is 0 Å². The van der Waals surface area contributed by atoms with Crippen molar-refractivity contribution < 1.29 is 23.8 Å². The SMILES string of the molecule is COc1ccc(N2C(=O)C(Nc3ccccc3OC)=C(c3ccccc3OC)C2=O)cc1. The van der Waals surface area contributed by atoms with Crippen molar-refractivity contribution in [3.8, 4) is 17.2 Å². The lowest BCUT2D eigenvalue weighted by Gasteiger charge is -2.16. The fourth-order valence-electron chi connectivity index (χ4n) is 3.60. The van der Waals surface area contributed by atoms with Crippen molar-refractivity contribution in [2.45, 2.75) is 0 Å². The molecule has 1 aliphatic rings. The predicted octanol–water partition coefficient (Wildman–Crippen LogP) is 4.11. The van der Waals surface area contributed by atoms with Crippen LogP contribution in [0, 0.1) is 0 Å². The molecule has 1 N–H and O–H groups in total. The largest absolute Gasteiger partial charge is 0.497 e. The van der Waals surface area contributed by atoms with Gasteiger partial charge in [0.25, 0.3) is 11.8 Å². The molecular formula is C25H22N2O5. The molecule has 0 unspecified atom stereocenters. The number of carbonyl (C=O) groups is 2. The van der Waals surface area contributed by atoms with Gasteiger partial charge < -0.3 is 19.5 Å². The van der Waals surface area contributed by atoms with Crippen LogP contribution in [0.1, 0.15) is 5.56 Å². The number of hydrogen-bond donors (Lipinski definition) is 1. The number of carbonyl (C=O) groups excluding carboxylic acids is 2. The van der Waals surface area contributed by atoms with Crippen LogP contribution in [0.4, 0.5) is 11.4 Å². The monoisotopic (exact) mass is 430 g/mol. The summed E-state index contributed by atoms with van der Waals surface area (Å²) in [4.78, 5) is 28.3. The number of anilines is 2. The summed E-state index contributed by atoms with van der Waals surface area (Å²) >= 11 is 0. The molecule has 0 saturated carbocycles. The minimum atomic E-state index is -0.480. The van der Waals surface area contributed by atoms with Crippen LogP contribution >= 0.6 is 0 Å². The molecule has 3 aromatic carbocycles. The van der Waals surface area contributed by atoms with E-state index in [0.29, 0.717) is 34.2 Å². The van der Waals surface area contributed by atoms with E-state index in [-0.39, 0.29) is 11.3 Å². The van der Waals surface area contributed by atoms with Crippen molar-refractivity contribution in [3.05, 3.63) is 84.1 Å². The van der Waals surface area contributed by atoms with E-state index in [4.69, 9.17) is 14.2 Å². The summed E-state index contributed by atoms with van der Waals surface area (Å²) < 4.78 is 16.1. The van der Waals surface area contributed by atoms with Gasteiger partial charge in [-0.05, 0) is 42.5 Å². The first-order valence-corrected chi connectivity index (χ1v) is 9.89. The standard InChI is InChI=1S/C25H22N2O5/c1-30-17-14-12-16(13-15-17)27-24(28)22(18-8-4-6-10-20(18)31-2)23(25(27)29)26-19-9-5-7-11-21(19)32-3/h4-15,26H,1-3H3. The fraction of sp³-hybridized carbons (Fsp3) is 0.120. The van der Waals surface area contributed by atoms with Gasteiger partial charge in [0.1, 0.15) is 22.9 Å². The van der Waals surface area contributed by atoms with Crippen LogP contribution in [0.2, 0.25) is 0 Å². The van der Waals surface area contributed by atoms with E-state index in [1.165, 1.54) is 7.11 Å². The van der Waals surface area contributed by atoms with Crippen molar-refractivity contribution in [2.75, 3.05) is 31.5 Å². The van der Waals surface area contributed by atoms with Gasteiger partial charge in [0, 0.05) is 5.56 Å². The van der Waals surface area contributed by atoms with Gasteiger partial charge in [-0.25, -0.2) is 4.90 Å². The summed E-state index contributed by atoms with van der Waals surface area (Å²) in [5.74, 6) is 0.717. The van der Waals surface area contributed by atoms with Gasteiger partial charge in [-0.1, -0.05) is 30.3 Å². The number of methoxy groups -OCH3 is 3. The van der Waals surface area contributed by atoms with Crippen LogP contribution in [0.3, 0.4) is 0 Å². The lowest BCUT2D eigenvalue weighted by Crippen LogP contribution is -2.32. The number of imide groups is 1. The first-order chi connectivity index (χ1) is 15.6. The smallest absolute Gasteiger partial charge is 0.282 e. The Hall–Kier alpha value is -4.26. The zero-order valence-electron chi connectivity index (χ0n) is 17.9. The van der Waals surface area contributed by atoms with Gasteiger partial charge in [-0.2, -0.15) is 0 Å². The van der Waals surface area contributed by atoms with Gasteiger partial charge in [-0.3, -0.25) is 9.59 Å². The van der Waals surface area contributed by atoms with E-state index in [9.17, 15) is 9.59 Å². The highest BCUT2D eigenvalue weighted by Gasteiger charge is 2.41. The Bertz CT molecular complexity index is 1200. The van der Waals surface area contributed by atoms with Gasteiger partial charge >= 0.3 is 0 Å². The van der Waals surface area contributed by atoms with Crippen LogP contribution in [0.15, 0.2) is 78.5 Å². The topological polar surface area (TPSA) is 77.1 Å². The summed E-state index contributed by atoms with van der Waals surface area (Å²) in [6, 6.07) is 21.0. The first kappa shape index (κ1) is 21.0. The molecule has 2 amide bonds. The summed E-state index contributed by atoms with van der Waals surface area (Å²) in [7, 11) is 4.62. The second-order valence-corrected chi connectivity index (χ2v) is 6.92. The molecule has 0 saturated heterocycles. The zero-order valence-corrected chi connectivity index (χ0v) is 17.9. The Labute approximate surface area is 185 Å². The molecule has 0 atom stereocenters. The molecule has 4 rings (SSSR count). The molecular weight excluding hydrogens is 408 g/mol. The van der Waals surface area contributed by atoms with Gasteiger partial charge in [-0.15, -0.1) is 0 Å². The highest BCUT2D eigenvalue weighted by atomic mass is 16.5. The number of amides is 2. The molecule has 0 fully saturated rings. The van der Waals surface area contributed by atoms with E-state index in [2.05, 4.69) is 5.32 Å². The summed E-state index contributed by atoms with van der Waals surface area (Å²) in [6.07, 6.45) is 0. The highest BCUT2D eigenvalue weighted by molar-refractivity contribution is 6.46. The number of hydrogen-bond acceptors (Lipinski definition) is 6. The molecule has 7 nitrogen and oxygen atoms in total. The third-order valence-electron chi connectivity index (χ3n) is 5.16. The minimum absolute atomic E-state index is 0.139. The van der Waals surface area contributed by atoms with Crippen LogP contribution < -0.4 is 24.4 Å².